The fourth-order valence-electron chi connectivity index (χ4n) is 0.975. The van der Waals surface area contributed by atoms with E-state index in [9.17, 15) is 13.6 Å². The first-order chi connectivity index (χ1) is 7.91. The molecule has 0 saturated carbocycles. The van der Waals surface area contributed by atoms with Gasteiger partial charge >= 0.3 is 5.97 Å². The van der Waals surface area contributed by atoms with Crippen LogP contribution in [-0.4, -0.2) is 40.2 Å². The molecule has 8 heteroatoms. The van der Waals surface area contributed by atoms with E-state index in [0.29, 0.717) is 0 Å². The van der Waals surface area contributed by atoms with Crippen LogP contribution in [0.3, 0.4) is 0 Å². The molecule has 1 rings (SSSR count). The van der Waals surface area contributed by atoms with Crippen molar-refractivity contribution < 1.29 is 23.8 Å². The van der Waals surface area contributed by atoms with Crippen molar-refractivity contribution in [1.29, 1.82) is 0 Å². The molecule has 1 aromatic rings. The number of aliphatic hydroxyl groups is 1. The fourth-order valence-corrected chi connectivity index (χ4v) is 1.21. The summed E-state index contributed by atoms with van der Waals surface area (Å²) >= 11 is 5.68. The van der Waals surface area contributed by atoms with E-state index in [1.165, 1.54) is 0 Å². The molecule has 0 spiro atoms. The van der Waals surface area contributed by atoms with E-state index in [0.717, 1.165) is 12.3 Å². The van der Waals surface area contributed by atoms with Crippen molar-refractivity contribution in [2.24, 2.45) is 0 Å². The number of alkyl halides is 2. The lowest BCUT2D eigenvalue weighted by atomic mass is 10.3. The quantitative estimate of drug-likeness (QED) is 0.752. The molecule has 0 bridgehead atoms. The summed E-state index contributed by atoms with van der Waals surface area (Å²) in [5, 5.41) is 19.8. The van der Waals surface area contributed by atoms with E-state index in [1.54, 1.807) is 0 Å². The van der Waals surface area contributed by atoms with Gasteiger partial charge < -0.3 is 15.5 Å². The molecule has 0 aliphatic rings. The summed E-state index contributed by atoms with van der Waals surface area (Å²) in [4.78, 5) is 14.2. The van der Waals surface area contributed by atoms with E-state index in [4.69, 9.17) is 21.8 Å². The lowest BCUT2D eigenvalue weighted by molar-refractivity contribution is 0.00381. The van der Waals surface area contributed by atoms with Gasteiger partial charge in [0.1, 0.15) is 11.9 Å². The van der Waals surface area contributed by atoms with Crippen LogP contribution in [0.15, 0.2) is 12.3 Å². The maximum atomic E-state index is 12.0. The molecule has 5 nitrogen and oxygen atoms in total. The van der Waals surface area contributed by atoms with Crippen LogP contribution >= 0.6 is 11.6 Å². The van der Waals surface area contributed by atoms with Gasteiger partial charge in [-0.05, 0) is 6.07 Å². The molecule has 0 aliphatic heterocycles. The lowest BCUT2D eigenvalue weighted by Crippen LogP contribution is -2.27. The van der Waals surface area contributed by atoms with Crippen LogP contribution in [0.25, 0.3) is 0 Å². The molecule has 0 aliphatic carbocycles. The third-order valence-corrected chi connectivity index (χ3v) is 2.15. The number of pyridine rings is 1. The lowest BCUT2D eigenvalue weighted by Gasteiger charge is -2.12. The zero-order valence-electron chi connectivity index (χ0n) is 8.40. The zero-order chi connectivity index (χ0) is 13.0. The molecule has 1 atom stereocenters. The van der Waals surface area contributed by atoms with Crippen molar-refractivity contribution in [3.63, 3.8) is 0 Å². The van der Waals surface area contributed by atoms with Crippen molar-refractivity contribution in [2.45, 2.75) is 12.5 Å². The maximum absolute atomic E-state index is 12.0. The third kappa shape index (κ3) is 3.79. The first-order valence-electron chi connectivity index (χ1n) is 4.50. The molecule has 94 valence electrons. The van der Waals surface area contributed by atoms with E-state index < -0.39 is 25.0 Å². The maximum Gasteiger partial charge on any atom is 0.337 e. The van der Waals surface area contributed by atoms with Crippen LogP contribution < -0.4 is 5.32 Å². The summed E-state index contributed by atoms with van der Waals surface area (Å²) in [6.07, 6.45) is -3.68. The number of carboxylic acids is 1. The largest absolute Gasteiger partial charge is 0.478 e. The van der Waals surface area contributed by atoms with Crippen LogP contribution in [0.5, 0.6) is 0 Å². The van der Waals surface area contributed by atoms with E-state index in [1.807, 2.05) is 0 Å². The first kappa shape index (κ1) is 13.6. The number of rotatable bonds is 5. The Bertz CT molecular complexity index is 417. The van der Waals surface area contributed by atoms with Gasteiger partial charge in [-0.3, -0.25) is 0 Å². The molecule has 3 N–H and O–H groups in total. The molecule has 0 amide bonds. The summed E-state index contributed by atoms with van der Waals surface area (Å²) in [7, 11) is 0. The highest BCUT2D eigenvalue weighted by molar-refractivity contribution is 6.33. The number of aromatic nitrogens is 1. The normalized spacial score (nSPS) is 12.5. The molecule has 1 unspecified atom stereocenters. The van der Waals surface area contributed by atoms with Gasteiger partial charge in [0, 0.05) is 12.7 Å². The molecule has 0 saturated heterocycles. The fraction of sp³-hybridized carbons (Fsp3) is 0.333. The summed E-state index contributed by atoms with van der Waals surface area (Å²) in [6.45, 7) is -0.434. The molecule has 1 heterocycles. The van der Waals surface area contributed by atoms with Gasteiger partial charge in [0.15, 0.2) is 0 Å². The standard InChI is InChI=1S/C9H9ClF2N2O3/c10-5-1-4(9(16)17)2-13-8(5)14-3-6(15)7(11)12/h1-2,6-7,15H,3H2,(H,13,14)(H,16,17). The minimum Gasteiger partial charge on any atom is -0.478 e. The molecule has 17 heavy (non-hydrogen) atoms. The van der Waals surface area contributed by atoms with Crippen LogP contribution in [0, 0.1) is 0 Å². The van der Waals surface area contributed by atoms with Crippen molar-refractivity contribution >= 4 is 23.4 Å². The number of carboxylic acid groups (broad SMARTS) is 1. The third-order valence-electron chi connectivity index (χ3n) is 1.86. The monoisotopic (exact) mass is 266 g/mol. The Kier molecular flexibility index (Phi) is 4.59. The Hall–Kier alpha value is -1.47. The number of nitrogens with zero attached hydrogens (tertiary/aromatic N) is 1. The summed E-state index contributed by atoms with van der Waals surface area (Å²) in [5.41, 5.74) is -0.116. The number of carbonyl (C=O) groups is 1. The highest BCUT2D eigenvalue weighted by Crippen LogP contribution is 2.20. The minimum absolute atomic E-state index is 0.0219. The Morgan fingerprint density at radius 2 is 2.24 bits per heavy atom. The Balaban J connectivity index is 2.70. The molecule has 1 aromatic heterocycles. The molecular formula is C9H9ClF2N2O3. The topological polar surface area (TPSA) is 82.5 Å². The zero-order valence-corrected chi connectivity index (χ0v) is 9.16. The number of halogens is 3. The highest BCUT2D eigenvalue weighted by atomic mass is 35.5. The van der Waals surface area contributed by atoms with Crippen molar-refractivity contribution in [1.82, 2.24) is 4.98 Å². The smallest absolute Gasteiger partial charge is 0.337 e. The van der Waals surface area contributed by atoms with Gasteiger partial charge in [-0.15, -0.1) is 0 Å². The average molecular weight is 267 g/mol. The van der Waals surface area contributed by atoms with Crippen molar-refractivity contribution in [2.75, 3.05) is 11.9 Å². The summed E-state index contributed by atoms with van der Waals surface area (Å²) in [6, 6.07) is 1.13. The molecule has 0 fully saturated rings. The van der Waals surface area contributed by atoms with Gasteiger partial charge in [-0.2, -0.15) is 0 Å². The van der Waals surface area contributed by atoms with E-state index in [2.05, 4.69) is 10.3 Å². The molecular weight excluding hydrogens is 258 g/mol. The summed E-state index contributed by atoms with van der Waals surface area (Å²) < 4.78 is 24.0. The van der Waals surface area contributed by atoms with Crippen LogP contribution in [0.4, 0.5) is 14.6 Å². The van der Waals surface area contributed by atoms with Gasteiger partial charge in [-0.25, -0.2) is 18.6 Å². The molecule has 0 aromatic carbocycles. The molecule has 0 radical (unpaired) electrons. The Labute approximate surface area is 100 Å². The second-order valence-corrected chi connectivity index (χ2v) is 3.55. The Morgan fingerprint density at radius 3 is 2.71 bits per heavy atom. The van der Waals surface area contributed by atoms with E-state index in [-0.39, 0.29) is 16.4 Å². The van der Waals surface area contributed by atoms with E-state index >= 15 is 0 Å². The predicted molar refractivity (Wildman–Crippen MR) is 56.7 cm³/mol. The van der Waals surface area contributed by atoms with Crippen molar-refractivity contribution in [3.05, 3.63) is 22.8 Å². The number of aliphatic hydroxyl groups excluding tert-OH is 1. The summed E-state index contributed by atoms with van der Waals surface area (Å²) in [5.74, 6) is -1.16. The number of hydrogen-bond acceptors (Lipinski definition) is 4. The van der Waals surface area contributed by atoms with Gasteiger partial charge in [0.05, 0.1) is 10.6 Å². The first-order valence-corrected chi connectivity index (χ1v) is 4.88. The average Bonchev–Trinajstić information content (AvgIpc) is 2.26. The second kappa shape index (κ2) is 5.74. The van der Waals surface area contributed by atoms with Crippen LogP contribution in [-0.2, 0) is 0 Å². The number of aromatic carboxylic acids is 1. The number of anilines is 1. The predicted octanol–water partition coefficient (Wildman–Crippen LogP) is 1.47. The second-order valence-electron chi connectivity index (χ2n) is 3.14. The highest BCUT2D eigenvalue weighted by Gasteiger charge is 2.17. The van der Waals surface area contributed by atoms with Crippen molar-refractivity contribution in [3.8, 4) is 0 Å². The Morgan fingerprint density at radius 1 is 1.59 bits per heavy atom. The van der Waals surface area contributed by atoms with Crippen LogP contribution in [0.1, 0.15) is 10.4 Å². The van der Waals surface area contributed by atoms with Gasteiger partial charge in [-0.1, -0.05) is 11.6 Å². The number of nitrogens with one attached hydrogen (secondary N) is 1. The van der Waals surface area contributed by atoms with Gasteiger partial charge in [0.2, 0.25) is 0 Å². The minimum atomic E-state index is -2.88. The SMILES string of the molecule is O=C(O)c1cnc(NCC(O)C(F)F)c(Cl)c1. The van der Waals surface area contributed by atoms with Gasteiger partial charge in [0.25, 0.3) is 6.43 Å². The number of hydrogen-bond donors (Lipinski definition) is 3. The van der Waals surface area contributed by atoms with Crippen LogP contribution in [0.2, 0.25) is 5.02 Å².